The average molecular weight is 619 g/mol. The zero-order valence-electron chi connectivity index (χ0n) is 17.4. The van der Waals surface area contributed by atoms with Gasteiger partial charge in [-0.3, -0.25) is 4.70 Å². The molecular weight excluding hydrogens is 587 g/mol. The van der Waals surface area contributed by atoms with Crippen LogP contribution in [0.15, 0.2) is 18.6 Å². The molecule has 0 fully saturated rings. The smallest absolute Gasteiger partial charge is 0.223 e. The minimum atomic E-state index is 0. The van der Waals surface area contributed by atoms with Crippen molar-refractivity contribution in [1.29, 1.82) is 0 Å². The zero-order valence-corrected chi connectivity index (χ0v) is 21.8. The molecule has 0 saturated heterocycles. The normalized spacial score (nSPS) is 7.62. The van der Waals surface area contributed by atoms with Gasteiger partial charge in [0, 0.05) is 149 Å². The van der Waals surface area contributed by atoms with Crippen LogP contribution in [0.3, 0.4) is 0 Å². The first-order valence-electron chi connectivity index (χ1n) is 7.55. The van der Waals surface area contributed by atoms with Crippen molar-refractivity contribution >= 4 is 46.7 Å². The van der Waals surface area contributed by atoms with Gasteiger partial charge in [-0.1, -0.05) is 38.1 Å². The summed E-state index contributed by atoms with van der Waals surface area (Å²) in [5.74, 6) is 0.559. The number of rotatable bonds is 0. The summed E-state index contributed by atoms with van der Waals surface area (Å²) in [6.45, 7) is 7.50. The first-order chi connectivity index (χ1) is 12.6. The number of aryl methyl sites for hydroxylation is 4. The van der Waals surface area contributed by atoms with Crippen molar-refractivity contribution in [2.45, 2.75) is 42.5 Å². The van der Waals surface area contributed by atoms with Crippen LogP contribution in [0.5, 0.6) is 0 Å². The van der Waals surface area contributed by atoms with Gasteiger partial charge in [-0.05, 0) is 44.9 Å². The fraction of sp³-hybridized carbons (Fsp3) is 0.333. The van der Waals surface area contributed by atoms with Gasteiger partial charge in [0.25, 0.3) is 0 Å². The second-order valence-electron chi connectivity index (χ2n) is 5.31. The van der Waals surface area contributed by atoms with Crippen molar-refractivity contribution in [2.24, 2.45) is 0 Å². The molecular formula is C18H31Ar3Cl3FN9. The molecule has 0 aliphatic rings. The standard InChI is InChI=1S/C6H9N3.C5H4Cl2N2.C5H6ClN3.2CH4.3Ar.FH.H3N/c1-4-3-8-6(7)9-5(4)2;2*1-3-2-8-5(7)9-4(3)6;;;;;;;/h3H,1-2H3,(H2,7,8,9);2H,1H3;2H,1H3,(H2,7,8,9);2*1H4;;;;1H;1H3. The monoisotopic (exact) mass is 617 g/mol. The number of nitrogens with zero attached hydrogens (tertiary/aromatic N) is 6. The van der Waals surface area contributed by atoms with Gasteiger partial charge in [0.15, 0.2) is 0 Å². The van der Waals surface area contributed by atoms with Gasteiger partial charge in [0.05, 0.1) is 0 Å². The van der Waals surface area contributed by atoms with E-state index in [1.165, 1.54) is 0 Å². The number of hydrogen-bond donors (Lipinski definition) is 3. The van der Waals surface area contributed by atoms with Crippen molar-refractivity contribution in [3.05, 3.63) is 56.6 Å². The molecule has 3 heterocycles. The van der Waals surface area contributed by atoms with Crippen molar-refractivity contribution in [1.82, 2.24) is 36.1 Å². The minimum Gasteiger partial charge on any atom is -0.368 e. The number of aromatic nitrogens is 6. The van der Waals surface area contributed by atoms with E-state index < -0.39 is 0 Å². The number of nitrogen functional groups attached to an aromatic ring is 2. The molecule has 0 saturated carbocycles. The first kappa shape index (κ1) is 51.9. The second-order valence-corrected chi connectivity index (χ2v) is 6.37. The first-order valence-corrected chi connectivity index (χ1v) is 8.68. The molecule has 7 N–H and O–H groups in total. The third-order valence-corrected chi connectivity index (χ3v) is 4.00. The zero-order chi connectivity index (χ0) is 20.6. The maximum Gasteiger partial charge on any atom is 0.223 e. The predicted octanol–water partition coefficient (Wildman–Crippen LogP) is 5.37. The number of nitrogens with two attached hydrogens (primary N) is 2. The molecule has 3 aromatic rings. The Morgan fingerprint density at radius 1 is 0.618 bits per heavy atom. The van der Waals surface area contributed by atoms with E-state index in [2.05, 4.69) is 29.9 Å². The fourth-order valence-corrected chi connectivity index (χ4v) is 1.82. The van der Waals surface area contributed by atoms with Crippen LogP contribution in [-0.4, -0.2) is 29.9 Å². The Kier molecular flexibility index (Phi) is 41.9. The maximum atomic E-state index is 5.58. The van der Waals surface area contributed by atoms with Gasteiger partial charge < -0.3 is 17.6 Å². The Bertz CT molecular complexity index is 811. The molecule has 9 nitrogen and oxygen atoms in total. The topological polar surface area (TPSA) is 164 Å². The summed E-state index contributed by atoms with van der Waals surface area (Å²) in [5, 5.41) is 1.02. The van der Waals surface area contributed by atoms with Crippen LogP contribution >= 0.6 is 34.8 Å². The van der Waals surface area contributed by atoms with Gasteiger partial charge in [-0.2, -0.15) is 0 Å². The predicted molar refractivity (Wildman–Crippen MR) is 130 cm³/mol. The molecule has 0 unspecified atom stereocenters. The van der Waals surface area contributed by atoms with Crippen LogP contribution in [0, 0.1) is 141 Å². The second kappa shape index (κ2) is 27.4. The molecule has 0 aliphatic carbocycles. The van der Waals surface area contributed by atoms with Crippen LogP contribution in [-0.2, 0) is 0 Å². The number of anilines is 2. The Balaban J connectivity index is -0.0000000583. The van der Waals surface area contributed by atoms with Gasteiger partial charge >= 0.3 is 0 Å². The van der Waals surface area contributed by atoms with Gasteiger partial charge in [-0.15, -0.1) is 0 Å². The molecule has 3 aromatic heterocycles. The Morgan fingerprint density at radius 3 is 1.26 bits per heavy atom. The van der Waals surface area contributed by atoms with E-state index in [-0.39, 0.29) is 150 Å². The summed E-state index contributed by atoms with van der Waals surface area (Å²) in [7, 11) is 0. The average Bonchev–Trinajstić information content (AvgIpc) is 2.60. The molecule has 200 valence electrons. The quantitative estimate of drug-likeness (QED) is 0.222. The van der Waals surface area contributed by atoms with E-state index in [1.54, 1.807) is 18.6 Å². The summed E-state index contributed by atoms with van der Waals surface area (Å²) < 4.78 is 0. The maximum absolute atomic E-state index is 5.58. The molecule has 0 atom stereocenters. The van der Waals surface area contributed by atoms with Crippen LogP contribution in [0.4, 0.5) is 16.6 Å². The van der Waals surface area contributed by atoms with Crippen LogP contribution in [0.1, 0.15) is 37.2 Å². The SMILES string of the molecule is C.C.Cc1cnc(Cl)nc1Cl.Cc1cnc(N)nc1C.Cc1cnc(N)nc1Cl.F.N.[Ar].[Ar].[Ar]. The molecule has 0 bridgehead atoms. The molecule has 0 amide bonds. The van der Waals surface area contributed by atoms with Crippen LogP contribution < -0.4 is 17.6 Å². The molecule has 3 rings (SSSR count). The summed E-state index contributed by atoms with van der Waals surface area (Å²) in [5.41, 5.74) is 14.2. The number of hydrogen-bond acceptors (Lipinski definition) is 9. The van der Waals surface area contributed by atoms with Crippen molar-refractivity contribution in [2.75, 3.05) is 11.5 Å². The number of halogens is 4. The Morgan fingerprint density at radius 2 is 0.971 bits per heavy atom. The minimum absolute atomic E-state index is 0. The summed E-state index contributed by atoms with van der Waals surface area (Å²) in [6.07, 6.45) is 4.89. The van der Waals surface area contributed by atoms with E-state index >= 15 is 0 Å². The molecule has 16 heteroatoms. The molecule has 0 radical (unpaired) electrons. The van der Waals surface area contributed by atoms with Gasteiger partial charge in [0.2, 0.25) is 17.2 Å². The molecule has 0 spiro atoms. The van der Waals surface area contributed by atoms with Crippen molar-refractivity contribution < 1.29 is 118 Å². The van der Waals surface area contributed by atoms with E-state index in [9.17, 15) is 0 Å². The largest absolute Gasteiger partial charge is 0.368 e. The van der Waals surface area contributed by atoms with Crippen LogP contribution in [0.25, 0.3) is 0 Å². The summed E-state index contributed by atoms with van der Waals surface area (Å²) >= 11 is 16.6. The van der Waals surface area contributed by atoms with E-state index in [0.29, 0.717) is 16.3 Å². The van der Waals surface area contributed by atoms with E-state index in [4.69, 9.17) is 46.3 Å². The Labute approximate surface area is 306 Å². The molecule has 34 heavy (non-hydrogen) atoms. The molecule has 0 aliphatic heterocycles. The van der Waals surface area contributed by atoms with Gasteiger partial charge in [0.1, 0.15) is 10.3 Å². The summed E-state index contributed by atoms with van der Waals surface area (Å²) in [4.78, 5) is 22.6. The van der Waals surface area contributed by atoms with Crippen molar-refractivity contribution in [3.8, 4) is 0 Å². The Hall–Kier alpha value is 1.38. The third kappa shape index (κ3) is 21.5. The van der Waals surface area contributed by atoms with Crippen molar-refractivity contribution in [3.63, 3.8) is 0 Å². The van der Waals surface area contributed by atoms with E-state index in [1.807, 2.05) is 27.7 Å². The van der Waals surface area contributed by atoms with Crippen LogP contribution in [0.2, 0.25) is 15.6 Å². The summed E-state index contributed by atoms with van der Waals surface area (Å²) in [6, 6.07) is 0. The third-order valence-electron chi connectivity index (χ3n) is 3.05. The molecule has 0 aromatic carbocycles. The van der Waals surface area contributed by atoms with E-state index in [0.717, 1.165) is 22.4 Å². The fourth-order valence-electron chi connectivity index (χ4n) is 1.38. The van der Waals surface area contributed by atoms with Gasteiger partial charge in [-0.25, -0.2) is 29.9 Å².